The number of nitro groups is 2. The third-order valence-corrected chi connectivity index (χ3v) is 6.82. The number of carbonyl (C=O) groups is 1. The summed E-state index contributed by atoms with van der Waals surface area (Å²) >= 11 is 6.68. The van der Waals surface area contributed by atoms with Crippen molar-refractivity contribution in [3.63, 3.8) is 0 Å². The highest BCUT2D eigenvalue weighted by Crippen LogP contribution is 2.41. The van der Waals surface area contributed by atoms with Crippen LogP contribution in [0.25, 0.3) is 6.08 Å². The van der Waals surface area contributed by atoms with Gasteiger partial charge in [0.15, 0.2) is 15.8 Å². The van der Waals surface area contributed by atoms with Gasteiger partial charge in [0.05, 0.1) is 33.1 Å². The zero-order valence-electron chi connectivity index (χ0n) is 20.5. The number of nitrogens with zero attached hydrogens (tertiary/aromatic N) is 3. The molecule has 0 spiro atoms. The number of hydrogen-bond donors (Lipinski definition) is 0. The number of thiocarbonyl (C=S) groups is 1. The van der Waals surface area contributed by atoms with Gasteiger partial charge in [-0.2, -0.15) is 0 Å². The lowest BCUT2D eigenvalue weighted by molar-refractivity contribution is -0.394. The molecule has 3 aromatic carbocycles. The number of non-ortho nitro benzene ring substituents is 1. The normalized spacial score (nSPS) is 14.2. The van der Waals surface area contributed by atoms with Crippen LogP contribution in [-0.4, -0.2) is 26.7 Å². The number of anilines is 1. The second-order valence-electron chi connectivity index (χ2n) is 8.21. The van der Waals surface area contributed by atoms with E-state index < -0.39 is 21.2 Å². The Balaban J connectivity index is 1.65. The van der Waals surface area contributed by atoms with Gasteiger partial charge in [0.1, 0.15) is 0 Å². The molecule has 0 bridgehead atoms. The van der Waals surface area contributed by atoms with Crippen LogP contribution in [0.15, 0.2) is 59.5 Å². The Morgan fingerprint density at radius 3 is 2.37 bits per heavy atom. The quantitative estimate of drug-likeness (QED) is 0.130. The van der Waals surface area contributed by atoms with Crippen LogP contribution in [0.1, 0.15) is 23.6 Å². The van der Waals surface area contributed by atoms with E-state index in [1.807, 2.05) is 32.0 Å². The van der Waals surface area contributed by atoms with Crippen LogP contribution in [0.3, 0.4) is 0 Å². The molecule has 10 nitrogen and oxygen atoms in total. The summed E-state index contributed by atoms with van der Waals surface area (Å²) in [6.45, 7) is 5.94. The van der Waals surface area contributed by atoms with Crippen LogP contribution in [0, 0.1) is 34.1 Å². The van der Waals surface area contributed by atoms with Crippen LogP contribution < -0.4 is 14.4 Å². The molecule has 0 atom stereocenters. The molecule has 0 aliphatic carbocycles. The van der Waals surface area contributed by atoms with E-state index in [2.05, 4.69) is 0 Å². The Labute approximate surface area is 227 Å². The third kappa shape index (κ3) is 5.50. The minimum absolute atomic E-state index is 0.170. The molecule has 0 N–H and O–H groups in total. The second-order valence-corrected chi connectivity index (χ2v) is 9.89. The molecule has 3 aromatic rings. The first-order valence-corrected chi connectivity index (χ1v) is 12.5. The van der Waals surface area contributed by atoms with E-state index in [0.29, 0.717) is 14.8 Å². The molecular weight excluding hydrogens is 530 g/mol. The van der Waals surface area contributed by atoms with Gasteiger partial charge in [0.25, 0.3) is 11.6 Å². The number of benzene rings is 3. The molecule has 0 saturated carbocycles. The number of ether oxygens (including phenoxy) is 2. The lowest BCUT2D eigenvalue weighted by Gasteiger charge is -2.17. The largest absolute Gasteiger partial charge is 0.490 e. The van der Waals surface area contributed by atoms with Gasteiger partial charge in [-0.1, -0.05) is 47.7 Å². The molecule has 12 heteroatoms. The van der Waals surface area contributed by atoms with Gasteiger partial charge in [-0.3, -0.25) is 29.9 Å². The maximum absolute atomic E-state index is 13.2. The number of aryl methyl sites for hydroxylation is 2. The Bertz CT molecular complexity index is 1520. The van der Waals surface area contributed by atoms with Crippen molar-refractivity contribution in [2.75, 3.05) is 11.5 Å². The van der Waals surface area contributed by atoms with Crippen molar-refractivity contribution in [3.8, 4) is 17.2 Å². The molecule has 194 valence electrons. The minimum Gasteiger partial charge on any atom is -0.490 e. The topological polar surface area (TPSA) is 125 Å². The predicted octanol–water partition coefficient (Wildman–Crippen LogP) is 6.72. The van der Waals surface area contributed by atoms with Gasteiger partial charge in [-0.15, -0.1) is 0 Å². The van der Waals surface area contributed by atoms with Crippen molar-refractivity contribution in [1.29, 1.82) is 0 Å². The van der Waals surface area contributed by atoms with Gasteiger partial charge in [-0.25, -0.2) is 0 Å². The van der Waals surface area contributed by atoms with E-state index in [1.54, 1.807) is 31.2 Å². The second kappa shape index (κ2) is 11.0. The summed E-state index contributed by atoms with van der Waals surface area (Å²) in [5, 5.41) is 22.5. The van der Waals surface area contributed by atoms with E-state index >= 15 is 0 Å². The maximum atomic E-state index is 13.2. The molecule has 1 heterocycles. The highest BCUT2D eigenvalue weighted by atomic mass is 32.2. The SMILES string of the molecule is CCOc1cc(/C=C2\SC(=S)N(c3ccc(C)cc3C)C2=O)ccc1Oc1ccc([N+](=O)[O-])cc1[N+](=O)[O-]. The molecule has 0 aromatic heterocycles. The molecule has 0 radical (unpaired) electrons. The first-order chi connectivity index (χ1) is 18.1. The number of thioether (sulfide) groups is 1. The predicted molar refractivity (Wildman–Crippen MR) is 149 cm³/mol. The molecule has 1 saturated heterocycles. The molecule has 0 unspecified atom stereocenters. The molecule has 4 rings (SSSR count). The average Bonchev–Trinajstić information content (AvgIpc) is 3.13. The number of rotatable bonds is 8. The highest BCUT2D eigenvalue weighted by Gasteiger charge is 2.34. The fourth-order valence-corrected chi connectivity index (χ4v) is 5.10. The van der Waals surface area contributed by atoms with E-state index in [0.717, 1.165) is 35.0 Å². The van der Waals surface area contributed by atoms with Crippen LogP contribution >= 0.6 is 24.0 Å². The van der Waals surface area contributed by atoms with E-state index in [9.17, 15) is 25.0 Å². The average molecular weight is 552 g/mol. The maximum Gasteiger partial charge on any atom is 0.318 e. The lowest BCUT2D eigenvalue weighted by Crippen LogP contribution is -2.28. The van der Waals surface area contributed by atoms with Crippen molar-refractivity contribution in [2.45, 2.75) is 20.8 Å². The summed E-state index contributed by atoms with van der Waals surface area (Å²) in [5.41, 5.74) is 2.38. The van der Waals surface area contributed by atoms with Crippen molar-refractivity contribution in [3.05, 3.63) is 96.4 Å². The van der Waals surface area contributed by atoms with Gasteiger partial charge in [0, 0.05) is 6.07 Å². The molecule has 1 fully saturated rings. The monoisotopic (exact) mass is 551 g/mol. The summed E-state index contributed by atoms with van der Waals surface area (Å²) in [6, 6.07) is 13.8. The van der Waals surface area contributed by atoms with Gasteiger partial charge in [0.2, 0.25) is 5.75 Å². The Hall–Kier alpha value is -4.29. The van der Waals surface area contributed by atoms with Crippen molar-refractivity contribution in [2.24, 2.45) is 0 Å². The number of amides is 1. The molecule has 1 amide bonds. The number of hydrogen-bond acceptors (Lipinski definition) is 9. The van der Waals surface area contributed by atoms with E-state index in [-0.39, 0.29) is 29.8 Å². The smallest absolute Gasteiger partial charge is 0.318 e. The van der Waals surface area contributed by atoms with Gasteiger partial charge < -0.3 is 9.47 Å². The Morgan fingerprint density at radius 2 is 1.71 bits per heavy atom. The summed E-state index contributed by atoms with van der Waals surface area (Å²) in [5.74, 6) is 0.0259. The minimum atomic E-state index is -0.755. The summed E-state index contributed by atoms with van der Waals surface area (Å²) in [6.07, 6.45) is 1.68. The summed E-state index contributed by atoms with van der Waals surface area (Å²) in [4.78, 5) is 36.2. The zero-order chi connectivity index (χ0) is 27.6. The van der Waals surface area contributed by atoms with E-state index in [4.69, 9.17) is 21.7 Å². The van der Waals surface area contributed by atoms with Crippen molar-refractivity contribution in [1.82, 2.24) is 0 Å². The lowest BCUT2D eigenvalue weighted by atomic mass is 10.1. The standard InChI is InChI=1S/C26H21N3O7S2/c1-4-35-23-12-17(6-9-22(23)36-21-10-7-18(28(31)32)14-20(21)29(33)34)13-24-25(30)27(26(37)38-24)19-8-5-15(2)11-16(19)3/h5-14H,4H2,1-3H3/b24-13-. The van der Waals surface area contributed by atoms with Crippen LogP contribution in [-0.2, 0) is 4.79 Å². The van der Waals surface area contributed by atoms with Crippen LogP contribution in [0.4, 0.5) is 17.1 Å². The van der Waals surface area contributed by atoms with Crippen molar-refractivity contribution >= 4 is 57.3 Å². The van der Waals surface area contributed by atoms with Gasteiger partial charge >= 0.3 is 5.69 Å². The fourth-order valence-electron chi connectivity index (χ4n) is 3.82. The van der Waals surface area contributed by atoms with Crippen LogP contribution in [0.5, 0.6) is 17.2 Å². The molecule has 1 aliphatic heterocycles. The first-order valence-electron chi connectivity index (χ1n) is 11.3. The molecule has 1 aliphatic rings. The number of nitro benzene ring substituents is 2. The highest BCUT2D eigenvalue weighted by molar-refractivity contribution is 8.27. The summed E-state index contributed by atoms with van der Waals surface area (Å²) in [7, 11) is 0. The fraction of sp³-hybridized carbons (Fsp3) is 0.154. The Kier molecular flexibility index (Phi) is 7.74. The Morgan fingerprint density at radius 1 is 0.974 bits per heavy atom. The third-order valence-electron chi connectivity index (χ3n) is 5.52. The van der Waals surface area contributed by atoms with Crippen molar-refractivity contribution < 1.29 is 24.1 Å². The first kappa shape index (κ1) is 26.8. The van der Waals surface area contributed by atoms with Crippen LogP contribution in [0.2, 0.25) is 0 Å². The van der Waals surface area contributed by atoms with E-state index in [1.165, 1.54) is 16.7 Å². The zero-order valence-corrected chi connectivity index (χ0v) is 22.1. The molecular formula is C26H21N3O7S2. The summed E-state index contributed by atoms with van der Waals surface area (Å²) < 4.78 is 11.8. The number of carbonyl (C=O) groups excluding carboxylic acids is 1. The molecule has 38 heavy (non-hydrogen) atoms. The van der Waals surface area contributed by atoms with Gasteiger partial charge in [-0.05, 0) is 62.2 Å².